The Bertz CT molecular complexity index is 579. The van der Waals surface area contributed by atoms with Gasteiger partial charge in [0.05, 0.1) is 23.5 Å². The third-order valence-corrected chi connectivity index (χ3v) is 2.30. The molecule has 94 valence electrons. The number of hydrogen-bond donors (Lipinski definition) is 3. The van der Waals surface area contributed by atoms with Crippen LogP contribution in [0, 0.1) is 6.92 Å². The maximum atomic E-state index is 10.7. The lowest BCUT2D eigenvalue weighted by Gasteiger charge is -2.07. The Morgan fingerprint density at radius 1 is 1.56 bits per heavy atom. The third-order valence-electron chi connectivity index (χ3n) is 2.30. The minimum atomic E-state index is -1.01. The van der Waals surface area contributed by atoms with Crippen molar-refractivity contribution < 1.29 is 14.4 Å². The summed E-state index contributed by atoms with van der Waals surface area (Å²) in [4.78, 5) is 14.8. The number of aromatic nitrogens is 2. The molecule has 0 aliphatic rings. The number of hydrogen-bond acceptors (Lipinski definition) is 6. The van der Waals surface area contributed by atoms with Gasteiger partial charge in [0.25, 0.3) is 0 Å². The summed E-state index contributed by atoms with van der Waals surface area (Å²) < 4.78 is 4.93. The zero-order chi connectivity index (χ0) is 13.1. The normalized spacial score (nSPS) is 10.3. The Morgan fingerprint density at radius 2 is 2.33 bits per heavy atom. The van der Waals surface area contributed by atoms with Crippen LogP contribution in [0.25, 0.3) is 0 Å². The SMILES string of the molecule is Cc1noc(CNc2ccc(C(=O)O)cc2N)n1. The van der Waals surface area contributed by atoms with Crippen LogP contribution in [0.4, 0.5) is 11.4 Å². The van der Waals surface area contributed by atoms with Crippen LogP contribution in [0.15, 0.2) is 22.7 Å². The summed E-state index contributed by atoms with van der Waals surface area (Å²) in [6, 6.07) is 4.46. The number of aromatic carboxylic acids is 1. The Kier molecular flexibility index (Phi) is 3.13. The molecule has 7 nitrogen and oxygen atoms in total. The van der Waals surface area contributed by atoms with E-state index in [0.29, 0.717) is 29.6 Å². The first-order chi connectivity index (χ1) is 8.56. The number of nitrogen functional groups attached to an aromatic ring is 1. The predicted molar refractivity (Wildman–Crippen MR) is 64.2 cm³/mol. The number of rotatable bonds is 4. The standard InChI is InChI=1S/C11H12N4O3/c1-6-14-10(18-15-6)5-13-9-3-2-7(11(16)17)4-8(9)12/h2-4,13H,5,12H2,1H3,(H,16,17). The molecule has 1 aromatic heterocycles. The van der Waals surface area contributed by atoms with Crippen molar-refractivity contribution in [3.05, 3.63) is 35.5 Å². The molecular weight excluding hydrogens is 236 g/mol. The fourth-order valence-electron chi connectivity index (χ4n) is 1.44. The van der Waals surface area contributed by atoms with Crippen LogP contribution < -0.4 is 11.1 Å². The molecule has 2 aromatic rings. The van der Waals surface area contributed by atoms with Crippen molar-refractivity contribution in [3.8, 4) is 0 Å². The van der Waals surface area contributed by atoms with Crippen LogP contribution in [0.2, 0.25) is 0 Å². The fourth-order valence-corrected chi connectivity index (χ4v) is 1.44. The van der Waals surface area contributed by atoms with Crippen molar-refractivity contribution in [2.45, 2.75) is 13.5 Å². The molecule has 1 heterocycles. The number of aryl methyl sites for hydroxylation is 1. The van der Waals surface area contributed by atoms with E-state index in [2.05, 4.69) is 15.5 Å². The first-order valence-electron chi connectivity index (χ1n) is 5.22. The average molecular weight is 248 g/mol. The van der Waals surface area contributed by atoms with Crippen molar-refractivity contribution in [1.29, 1.82) is 0 Å². The quantitative estimate of drug-likeness (QED) is 0.698. The summed E-state index contributed by atoms with van der Waals surface area (Å²) in [6.45, 7) is 2.06. The van der Waals surface area contributed by atoms with Gasteiger partial charge in [-0.1, -0.05) is 5.16 Å². The second kappa shape index (κ2) is 4.74. The fraction of sp³-hybridized carbons (Fsp3) is 0.182. The topological polar surface area (TPSA) is 114 Å². The molecular formula is C11H12N4O3. The maximum absolute atomic E-state index is 10.7. The molecule has 0 radical (unpaired) electrons. The van der Waals surface area contributed by atoms with E-state index in [1.807, 2.05) is 0 Å². The monoisotopic (exact) mass is 248 g/mol. The van der Waals surface area contributed by atoms with Crippen molar-refractivity contribution in [3.63, 3.8) is 0 Å². The van der Waals surface area contributed by atoms with E-state index in [1.165, 1.54) is 12.1 Å². The summed E-state index contributed by atoms with van der Waals surface area (Å²) in [6.07, 6.45) is 0. The molecule has 0 fully saturated rings. The molecule has 18 heavy (non-hydrogen) atoms. The van der Waals surface area contributed by atoms with Crippen molar-refractivity contribution in [1.82, 2.24) is 10.1 Å². The lowest BCUT2D eigenvalue weighted by molar-refractivity contribution is 0.0697. The second-order valence-electron chi connectivity index (χ2n) is 3.70. The van der Waals surface area contributed by atoms with Gasteiger partial charge in [-0.2, -0.15) is 4.98 Å². The Hall–Kier alpha value is -2.57. The van der Waals surface area contributed by atoms with Gasteiger partial charge in [0, 0.05) is 0 Å². The van der Waals surface area contributed by atoms with Gasteiger partial charge in [-0.05, 0) is 25.1 Å². The van der Waals surface area contributed by atoms with Crippen molar-refractivity contribution in [2.75, 3.05) is 11.1 Å². The molecule has 0 atom stereocenters. The maximum Gasteiger partial charge on any atom is 0.335 e. The Labute approximate surface area is 103 Å². The smallest absolute Gasteiger partial charge is 0.335 e. The summed E-state index contributed by atoms with van der Waals surface area (Å²) >= 11 is 0. The van der Waals surface area contributed by atoms with Crippen LogP contribution in [-0.2, 0) is 6.54 Å². The van der Waals surface area contributed by atoms with E-state index >= 15 is 0 Å². The van der Waals surface area contributed by atoms with E-state index in [4.69, 9.17) is 15.4 Å². The van der Waals surface area contributed by atoms with Crippen LogP contribution in [-0.4, -0.2) is 21.2 Å². The predicted octanol–water partition coefficient (Wildman–Crippen LogP) is 1.27. The van der Waals surface area contributed by atoms with Crippen molar-refractivity contribution in [2.24, 2.45) is 0 Å². The van der Waals surface area contributed by atoms with Gasteiger partial charge in [-0.3, -0.25) is 0 Å². The van der Waals surface area contributed by atoms with E-state index < -0.39 is 5.97 Å². The average Bonchev–Trinajstić information content (AvgIpc) is 2.73. The second-order valence-corrected chi connectivity index (χ2v) is 3.70. The van der Waals surface area contributed by atoms with E-state index in [-0.39, 0.29) is 5.56 Å². The van der Waals surface area contributed by atoms with Crippen LogP contribution >= 0.6 is 0 Å². The van der Waals surface area contributed by atoms with Gasteiger partial charge in [0.15, 0.2) is 5.82 Å². The number of nitrogens with zero attached hydrogens (tertiary/aromatic N) is 2. The minimum absolute atomic E-state index is 0.145. The zero-order valence-electron chi connectivity index (χ0n) is 9.67. The number of nitrogens with one attached hydrogen (secondary N) is 1. The molecule has 4 N–H and O–H groups in total. The van der Waals surface area contributed by atoms with Gasteiger partial charge in [-0.25, -0.2) is 4.79 Å². The zero-order valence-corrected chi connectivity index (χ0v) is 9.67. The number of benzene rings is 1. The summed E-state index contributed by atoms with van der Waals surface area (Å²) in [7, 11) is 0. The lowest BCUT2D eigenvalue weighted by atomic mass is 10.2. The minimum Gasteiger partial charge on any atom is -0.478 e. The molecule has 1 aromatic carbocycles. The van der Waals surface area contributed by atoms with E-state index in [1.54, 1.807) is 13.0 Å². The number of carboxylic acid groups (broad SMARTS) is 1. The van der Waals surface area contributed by atoms with Gasteiger partial charge in [-0.15, -0.1) is 0 Å². The molecule has 0 bridgehead atoms. The van der Waals surface area contributed by atoms with Gasteiger partial charge >= 0.3 is 5.97 Å². The number of carboxylic acids is 1. The van der Waals surface area contributed by atoms with E-state index in [9.17, 15) is 4.79 Å². The highest BCUT2D eigenvalue weighted by Crippen LogP contribution is 2.20. The van der Waals surface area contributed by atoms with Gasteiger partial charge in [0.2, 0.25) is 5.89 Å². The molecule has 0 amide bonds. The first kappa shape index (κ1) is 11.9. The van der Waals surface area contributed by atoms with Gasteiger partial charge < -0.3 is 20.7 Å². The molecule has 2 rings (SSSR count). The molecule has 0 unspecified atom stereocenters. The lowest BCUT2D eigenvalue weighted by Crippen LogP contribution is -2.05. The molecule has 0 saturated heterocycles. The molecule has 0 aliphatic carbocycles. The largest absolute Gasteiger partial charge is 0.478 e. The Morgan fingerprint density at radius 3 is 2.89 bits per heavy atom. The molecule has 0 saturated carbocycles. The van der Waals surface area contributed by atoms with Crippen molar-refractivity contribution >= 4 is 17.3 Å². The molecule has 0 aliphatic heterocycles. The highest BCUT2D eigenvalue weighted by molar-refractivity contribution is 5.90. The summed E-state index contributed by atoms with van der Waals surface area (Å²) in [5.41, 5.74) is 6.86. The first-order valence-corrected chi connectivity index (χ1v) is 5.22. The summed E-state index contributed by atoms with van der Waals surface area (Å²) in [5, 5.41) is 15.4. The number of nitrogens with two attached hydrogens (primary N) is 1. The third kappa shape index (κ3) is 2.57. The number of anilines is 2. The molecule has 0 spiro atoms. The van der Waals surface area contributed by atoms with Crippen LogP contribution in [0.1, 0.15) is 22.1 Å². The summed E-state index contributed by atoms with van der Waals surface area (Å²) in [5.74, 6) is -0.0176. The number of carbonyl (C=O) groups is 1. The molecule has 7 heteroatoms. The Balaban J connectivity index is 2.08. The highest BCUT2D eigenvalue weighted by Gasteiger charge is 2.07. The van der Waals surface area contributed by atoms with Crippen LogP contribution in [0.5, 0.6) is 0 Å². The highest BCUT2D eigenvalue weighted by atomic mass is 16.5. The van der Waals surface area contributed by atoms with Crippen LogP contribution in [0.3, 0.4) is 0 Å². The van der Waals surface area contributed by atoms with Gasteiger partial charge in [0.1, 0.15) is 0 Å². The van der Waals surface area contributed by atoms with E-state index in [0.717, 1.165) is 0 Å².